The maximum absolute atomic E-state index is 13.3. The standard InChI is InChI=1S/C25H40N6O6S/c1-38-14-12-18(23(34)30-19(25(36)37)9-5-6-13-26)29-24(35)20(15-16-7-3-2-4-8-16)31-22(33)17(27)10-11-21(28)32/h2-4,7-8,17-20H,5-6,9-15,26-27H2,1H3,(H2,28,32)(H,29,35)(H,30,34)(H,31,33)(H,36,37). The Bertz CT molecular complexity index is 919. The van der Waals surface area contributed by atoms with Crippen molar-refractivity contribution in [1.29, 1.82) is 0 Å². The van der Waals surface area contributed by atoms with Gasteiger partial charge < -0.3 is 38.3 Å². The molecule has 4 amide bonds. The first-order chi connectivity index (χ1) is 18.1. The smallest absolute Gasteiger partial charge is 0.326 e. The van der Waals surface area contributed by atoms with Crippen LogP contribution < -0.4 is 33.2 Å². The largest absolute Gasteiger partial charge is 0.480 e. The molecule has 10 N–H and O–H groups in total. The third-order valence-corrected chi connectivity index (χ3v) is 6.40. The minimum atomic E-state index is -1.18. The highest BCUT2D eigenvalue weighted by molar-refractivity contribution is 7.98. The zero-order chi connectivity index (χ0) is 28.5. The van der Waals surface area contributed by atoms with Crippen molar-refractivity contribution in [1.82, 2.24) is 16.0 Å². The van der Waals surface area contributed by atoms with Crippen molar-refractivity contribution in [3.05, 3.63) is 35.9 Å². The van der Waals surface area contributed by atoms with E-state index in [0.29, 0.717) is 25.1 Å². The molecule has 1 aromatic carbocycles. The molecule has 0 saturated heterocycles. The van der Waals surface area contributed by atoms with E-state index in [1.165, 1.54) is 11.8 Å². The Morgan fingerprint density at radius 1 is 0.868 bits per heavy atom. The maximum Gasteiger partial charge on any atom is 0.326 e. The van der Waals surface area contributed by atoms with Crippen molar-refractivity contribution < 1.29 is 29.1 Å². The van der Waals surface area contributed by atoms with Gasteiger partial charge in [0.2, 0.25) is 23.6 Å². The Labute approximate surface area is 227 Å². The number of unbranched alkanes of at least 4 members (excludes halogenated alkanes) is 1. The summed E-state index contributed by atoms with van der Waals surface area (Å²) in [4.78, 5) is 61.7. The summed E-state index contributed by atoms with van der Waals surface area (Å²) in [6.07, 6.45) is 3.49. The summed E-state index contributed by atoms with van der Waals surface area (Å²) in [7, 11) is 0. The third kappa shape index (κ3) is 12.9. The van der Waals surface area contributed by atoms with E-state index in [4.69, 9.17) is 17.2 Å². The summed E-state index contributed by atoms with van der Waals surface area (Å²) >= 11 is 1.46. The molecule has 12 nitrogen and oxygen atoms in total. The van der Waals surface area contributed by atoms with Crippen molar-refractivity contribution in [3.8, 4) is 0 Å². The number of carbonyl (C=O) groups is 5. The molecule has 0 aliphatic rings. The van der Waals surface area contributed by atoms with E-state index in [9.17, 15) is 29.1 Å². The lowest BCUT2D eigenvalue weighted by Crippen LogP contribution is -2.57. The fourth-order valence-electron chi connectivity index (χ4n) is 3.57. The fourth-order valence-corrected chi connectivity index (χ4v) is 4.04. The fraction of sp³-hybridized carbons (Fsp3) is 0.560. The molecule has 0 spiro atoms. The predicted octanol–water partition coefficient (Wildman–Crippen LogP) is -0.757. The number of nitrogens with one attached hydrogen (secondary N) is 3. The van der Waals surface area contributed by atoms with E-state index < -0.39 is 53.8 Å². The van der Waals surface area contributed by atoms with E-state index >= 15 is 0 Å². The van der Waals surface area contributed by atoms with Crippen LogP contribution in [-0.2, 0) is 30.4 Å². The predicted molar refractivity (Wildman–Crippen MR) is 146 cm³/mol. The Hall–Kier alpha value is -3.16. The van der Waals surface area contributed by atoms with Gasteiger partial charge in [0.15, 0.2) is 0 Å². The second kappa shape index (κ2) is 18.2. The van der Waals surface area contributed by atoms with Crippen LogP contribution in [0.1, 0.15) is 44.1 Å². The Kier molecular flexibility index (Phi) is 15.7. The van der Waals surface area contributed by atoms with Gasteiger partial charge in [-0.1, -0.05) is 30.3 Å². The zero-order valence-electron chi connectivity index (χ0n) is 21.7. The highest BCUT2D eigenvalue weighted by Crippen LogP contribution is 2.08. The number of carboxylic acids is 1. The van der Waals surface area contributed by atoms with Gasteiger partial charge in [0, 0.05) is 12.8 Å². The molecule has 0 fully saturated rings. The molecule has 0 aliphatic heterocycles. The van der Waals surface area contributed by atoms with Gasteiger partial charge in [-0.25, -0.2) is 4.79 Å². The number of carboxylic acid groups (broad SMARTS) is 1. The average molecular weight is 553 g/mol. The lowest BCUT2D eigenvalue weighted by Gasteiger charge is -2.25. The summed E-state index contributed by atoms with van der Waals surface area (Å²) in [6.45, 7) is 0.410. The normalized spacial score (nSPS) is 14.0. The lowest BCUT2D eigenvalue weighted by atomic mass is 10.0. The summed E-state index contributed by atoms with van der Waals surface area (Å²) in [6, 6.07) is 4.68. The number of hydrogen-bond donors (Lipinski definition) is 7. The van der Waals surface area contributed by atoms with Crippen LogP contribution in [0.2, 0.25) is 0 Å². The van der Waals surface area contributed by atoms with Gasteiger partial charge >= 0.3 is 5.97 Å². The van der Waals surface area contributed by atoms with Crippen LogP contribution in [0.15, 0.2) is 30.3 Å². The number of primary amides is 1. The van der Waals surface area contributed by atoms with Crippen LogP contribution in [0.4, 0.5) is 0 Å². The number of aliphatic carboxylic acids is 1. The lowest BCUT2D eigenvalue weighted by molar-refractivity contribution is -0.142. The first kappa shape index (κ1) is 32.9. The molecular formula is C25H40N6O6S. The van der Waals surface area contributed by atoms with Crippen molar-refractivity contribution in [2.45, 2.75) is 69.1 Å². The molecule has 4 atom stereocenters. The van der Waals surface area contributed by atoms with Crippen LogP contribution in [0.3, 0.4) is 0 Å². The van der Waals surface area contributed by atoms with Crippen molar-refractivity contribution in [2.24, 2.45) is 17.2 Å². The minimum absolute atomic E-state index is 0.0142. The number of amides is 4. The number of benzene rings is 1. The summed E-state index contributed by atoms with van der Waals surface area (Å²) in [5.74, 6) is -3.15. The van der Waals surface area contributed by atoms with Gasteiger partial charge in [0.1, 0.15) is 18.1 Å². The van der Waals surface area contributed by atoms with Gasteiger partial charge in [-0.15, -0.1) is 0 Å². The summed E-state index contributed by atoms with van der Waals surface area (Å²) in [5.41, 5.74) is 17.2. The van der Waals surface area contributed by atoms with Crippen LogP contribution in [0, 0.1) is 0 Å². The summed E-state index contributed by atoms with van der Waals surface area (Å²) < 4.78 is 0. The van der Waals surface area contributed by atoms with Gasteiger partial charge in [-0.2, -0.15) is 11.8 Å². The topological polar surface area (TPSA) is 220 Å². The molecule has 0 saturated carbocycles. The number of nitrogens with two attached hydrogens (primary N) is 3. The van der Waals surface area contributed by atoms with E-state index in [1.807, 2.05) is 12.3 Å². The van der Waals surface area contributed by atoms with Crippen molar-refractivity contribution in [2.75, 3.05) is 18.6 Å². The van der Waals surface area contributed by atoms with E-state index in [0.717, 1.165) is 5.56 Å². The van der Waals surface area contributed by atoms with Gasteiger partial charge in [-0.3, -0.25) is 19.2 Å². The van der Waals surface area contributed by atoms with Crippen molar-refractivity contribution >= 4 is 41.4 Å². The molecule has 38 heavy (non-hydrogen) atoms. The molecule has 4 unspecified atom stereocenters. The van der Waals surface area contributed by atoms with Gasteiger partial charge in [0.25, 0.3) is 0 Å². The highest BCUT2D eigenvalue weighted by atomic mass is 32.2. The van der Waals surface area contributed by atoms with Gasteiger partial charge in [-0.05, 0) is 56.2 Å². The van der Waals surface area contributed by atoms with Crippen LogP contribution >= 0.6 is 11.8 Å². The highest BCUT2D eigenvalue weighted by Gasteiger charge is 2.30. The molecule has 0 aromatic heterocycles. The molecule has 212 valence electrons. The number of rotatable bonds is 19. The van der Waals surface area contributed by atoms with E-state index in [2.05, 4.69) is 16.0 Å². The van der Waals surface area contributed by atoms with E-state index in [-0.39, 0.29) is 32.1 Å². The molecule has 13 heteroatoms. The molecule has 1 aromatic rings. The number of carbonyl (C=O) groups excluding carboxylic acids is 4. The SMILES string of the molecule is CSCCC(NC(=O)C(Cc1ccccc1)NC(=O)C(N)CCC(N)=O)C(=O)NC(CCCCN)C(=O)O. The minimum Gasteiger partial charge on any atom is -0.480 e. The second-order valence-corrected chi connectivity index (χ2v) is 9.87. The first-order valence-electron chi connectivity index (χ1n) is 12.5. The first-order valence-corrected chi connectivity index (χ1v) is 13.9. The monoisotopic (exact) mass is 552 g/mol. The van der Waals surface area contributed by atoms with Crippen LogP contribution in [-0.4, -0.2) is 77.4 Å². The number of thioether (sulfide) groups is 1. The van der Waals surface area contributed by atoms with E-state index in [1.54, 1.807) is 24.3 Å². The Balaban J connectivity index is 3.04. The molecular weight excluding hydrogens is 512 g/mol. The molecule has 1 rings (SSSR count). The Morgan fingerprint density at radius 2 is 1.47 bits per heavy atom. The molecule has 0 radical (unpaired) electrons. The quantitative estimate of drug-likeness (QED) is 0.107. The number of hydrogen-bond acceptors (Lipinski definition) is 8. The third-order valence-electron chi connectivity index (χ3n) is 5.76. The molecule has 0 bridgehead atoms. The van der Waals surface area contributed by atoms with Crippen LogP contribution in [0.25, 0.3) is 0 Å². The maximum atomic E-state index is 13.3. The molecule has 0 heterocycles. The van der Waals surface area contributed by atoms with Crippen LogP contribution in [0.5, 0.6) is 0 Å². The van der Waals surface area contributed by atoms with Crippen molar-refractivity contribution in [3.63, 3.8) is 0 Å². The molecule has 0 aliphatic carbocycles. The summed E-state index contributed by atoms with van der Waals surface area (Å²) in [5, 5.41) is 17.3. The Morgan fingerprint density at radius 3 is 2.05 bits per heavy atom. The zero-order valence-corrected chi connectivity index (χ0v) is 22.5. The average Bonchev–Trinajstić information content (AvgIpc) is 2.88. The second-order valence-electron chi connectivity index (χ2n) is 8.89. The van der Waals surface area contributed by atoms with Gasteiger partial charge in [0.05, 0.1) is 6.04 Å².